The van der Waals surface area contributed by atoms with Crippen LogP contribution in [0.4, 0.5) is 4.39 Å². The zero-order valence-corrected chi connectivity index (χ0v) is 9.89. The van der Waals surface area contributed by atoms with E-state index in [2.05, 4.69) is 0 Å². The molecule has 0 bridgehead atoms. The van der Waals surface area contributed by atoms with E-state index in [4.69, 9.17) is 0 Å². The van der Waals surface area contributed by atoms with E-state index in [-0.39, 0.29) is 23.7 Å². The van der Waals surface area contributed by atoms with Crippen molar-refractivity contribution in [3.05, 3.63) is 69.9 Å². The van der Waals surface area contributed by atoms with Crippen LogP contribution in [0.2, 0.25) is 0 Å². The highest BCUT2D eigenvalue weighted by Crippen LogP contribution is 2.05. The van der Waals surface area contributed by atoms with Gasteiger partial charge < -0.3 is 4.57 Å². The minimum Gasteiger partial charge on any atom is -0.307 e. The van der Waals surface area contributed by atoms with Crippen molar-refractivity contribution >= 4 is 5.78 Å². The summed E-state index contributed by atoms with van der Waals surface area (Å²) in [7, 11) is 0. The molecule has 0 aliphatic carbocycles. The van der Waals surface area contributed by atoms with Crippen molar-refractivity contribution in [2.75, 3.05) is 0 Å². The minimum absolute atomic E-state index is 0.0356. The number of nitrogens with zero attached hydrogens (tertiary/aromatic N) is 1. The molecule has 2 rings (SSSR count). The molecule has 0 amide bonds. The molecule has 1 heterocycles. The molecule has 0 saturated heterocycles. The Kier molecular flexibility index (Phi) is 3.37. The number of benzene rings is 1. The van der Waals surface area contributed by atoms with E-state index < -0.39 is 0 Å². The van der Waals surface area contributed by atoms with Crippen LogP contribution in [-0.4, -0.2) is 10.4 Å². The van der Waals surface area contributed by atoms with Crippen LogP contribution >= 0.6 is 0 Å². The quantitative estimate of drug-likeness (QED) is 0.777. The number of pyridine rings is 1. The first-order chi connectivity index (χ1) is 8.56. The zero-order chi connectivity index (χ0) is 13.1. The van der Waals surface area contributed by atoms with Crippen LogP contribution in [-0.2, 0) is 6.54 Å². The van der Waals surface area contributed by atoms with Crippen LogP contribution in [0.3, 0.4) is 0 Å². The number of rotatable bonds is 3. The van der Waals surface area contributed by atoms with Gasteiger partial charge in [0.05, 0.1) is 6.54 Å². The standard InChI is InChI=1S/C14H12FNO2/c1-10-2-7-14(18)16(8-10)9-13(17)11-3-5-12(15)6-4-11/h2-8H,9H2,1H3. The van der Waals surface area contributed by atoms with Gasteiger partial charge in [0.15, 0.2) is 5.78 Å². The molecule has 0 radical (unpaired) electrons. The first-order valence-electron chi connectivity index (χ1n) is 5.52. The fourth-order valence-corrected chi connectivity index (χ4v) is 1.66. The molecule has 0 spiro atoms. The summed E-state index contributed by atoms with van der Waals surface area (Å²) in [5, 5.41) is 0. The van der Waals surface area contributed by atoms with Gasteiger partial charge in [0.25, 0.3) is 5.56 Å². The summed E-state index contributed by atoms with van der Waals surface area (Å²) >= 11 is 0. The summed E-state index contributed by atoms with van der Waals surface area (Å²) in [5.41, 5.74) is 1.07. The van der Waals surface area contributed by atoms with Crippen LogP contribution in [0, 0.1) is 12.7 Å². The third-order valence-electron chi connectivity index (χ3n) is 2.61. The van der Waals surface area contributed by atoms with Gasteiger partial charge in [0, 0.05) is 17.8 Å². The number of hydrogen-bond acceptors (Lipinski definition) is 2. The SMILES string of the molecule is Cc1ccc(=O)n(CC(=O)c2ccc(F)cc2)c1. The van der Waals surface area contributed by atoms with Gasteiger partial charge in [-0.25, -0.2) is 4.39 Å². The van der Waals surface area contributed by atoms with Crippen molar-refractivity contribution in [2.45, 2.75) is 13.5 Å². The molecular weight excluding hydrogens is 233 g/mol. The summed E-state index contributed by atoms with van der Waals surface area (Å²) in [5.74, 6) is -0.609. The van der Waals surface area contributed by atoms with Crippen molar-refractivity contribution in [1.82, 2.24) is 4.57 Å². The highest BCUT2D eigenvalue weighted by atomic mass is 19.1. The summed E-state index contributed by atoms with van der Waals surface area (Å²) in [6.07, 6.45) is 1.63. The van der Waals surface area contributed by atoms with Gasteiger partial charge in [0.1, 0.15) is 5.82 Å². The maximum absolute atomic E-state index is 12.7. The second-order valence-electron chi connectivity index (χ2n) is 4.10. The number of halogens is 1. The molecule has 0 N–H and O–H groups in total. The maximum Gasteiger partial charge on any atom is 0.250 e. The fraction of sp³-hybridized carbons (Fsp3) is 0.143. The monoisotopic (exact) mass is 245 g/mol. The lowest BCUT2D eigenvalue weighted by Gasteiger charge is -2.05. The molecule has 0 atom stereocenters. The van der Waals surface area contributed by atoms with E-state index in [0.717, 1.165) is 5.56 Å². The number of aryl methyl sites for hydroxylation is 1. The summed E-state index contributed by atoms with van der Waals surface area (Å²) in [6.45, 7) is 1.81. The van der Waals surface area contributed by atoms with E-state index in [0.29, 0.717) is 5.56 Å². The van der Waals surface area contributed by atoms with Gasteiger partial charge in [-0.05, 0) is 36.8 Å². The third-order valence-corrected chi connectivity index (χ3v) is 2.61. The normalized spacial score (nSPS) is 10.3. The average molecular weight is 245 g/mol. The van der Waals surface area contributed by atoms with Crippen LogP contribution in [0.1, 0.15) is 15.9 Å². The van der Waals surface area contributed by atoms with Crippen LogP contribution < -0.4 is 5.56 Å². The Balaban J connectivity index is 2.24. The lowest BCUT2D eigenvalue weighted by Crippen LogP contribution is -2.23. The number of carbonyl (C=O) groups excluding carboxylic acids is 1. The predicted molar refractivity (Wildman–Crippen MR) is 66.2 cm³/mol. The fourth-order valence-electron chi connectivity index (χ4n) is 1.66. The van der Waals surface area contributed by atoms with Gasteiger partial charge >= 0.3 is 0 Å². The van der Waals surface area contributed by atoms with Gasteiger partial charge in [0.2, 0.25) is 0 Å². The molecule has 2 aromatic rings. The molecule has 0 aliphatic rings. The van der Waals surface area contributed by atoms with E-state index in [1.165, 1.54) is 34.9 Å². The molecule has 0 unspecified atom stereocenters. The van der Waals surface area contributed by atoms with Crippen molar-refractivity contribution in [3.8, 4) is 0 Å². The number of hydrogen-bond donors (Lipinski definition) is 0. The van der Waals surface area contributed by atoms with E-state index in [1.54, 1.807) is 12.3 Å². The van der Waals surface area contributed by atoms with Gasteiger partial charge in [-0.2, -0.15) is 0 Å². The lowest BCUT2D eigenvalue weighted by atomic mass is 10.1. The second-order valence-corrected chi connectivity index (χ2v) is 4.10. The Hall–Kier alpha value is -2.23. The number of ketones is 1. The van der Waals surface area contributed by atoms with Gasteiger partial charge in [-0.1, -0.05) is 6.07 Å². The van der Waals surface area contributed by atoms with Crippen LogP contribution in [0.5, 0.6) is 0 Å². The van der Waals surface area contributed by atoms with Gasteiger partial charge in [-0.15, -0.1) is 0 Å². The lowest BCUT2D eigenvalue weighted by molar-refractivity contribution is 0.0971. The van der Waals surface area contributed by atoms with Crippen molar-refractivity contribution < 1.29 is 9.18 Å². The Labute approximate surface area is 104 Å². The molecule has 18 heavy (non-hydrogen) atoms. The Morgan fingerprint density at radius 3 is 2.50 bits per heavy atom. The third kappa shape index (κ3) is 2.71. The van der Waals surface area contributed by atoms with E-state index >= 15 is 0 Å². The van der Waals surface area contributed by atoms with Gasteiger partial charge in [-0.3, -0.25) is 9.59 Å². The Morgan fingerprint density at radius 1 is 1.17 bits per heavy atom. The van der Waals surface area contributed by atoms with Crippen LogP contribution in [0.15, 0.2) is 47.4 Å². The highest BCUT2D eigenvalue weighted by molar-refractivity contribution is 5.95. The summed E-state index contributed by atoms with van der Waals surface area (Å²) < 4.78 is 14.1. The predicted octanol–water partition coefficient (Wildman–Crippen LogP) is 2.18. The smallest absolute Gasteiger partial charge is 0.250 e. The van der Waals surface area contributed by atoms with E-state index in [9.17, 15) is 14.0 Å². The Morgan fingerprint density at radius 2 is 1.83 bits per heavy atom. The molecule has 0 fully saturated rings. The molecule has 92 valence electrons. The van der Waals surface area contributed by atoms with Crippen molar-refractivity contribution in [3.63, 3.8) is 0 Å². The summed E-state index contributed by atoms with van der Waals surface area (Å²) in [6, 6.07) is 8.41. The molecular formula is C14H12FNO2. The average Bonchev–Trinajstić information content (AvgIpc) is 2.34. The highest BCUT2D eigenvalue weighted by Gasteiger charge is 2.07. The molecule has 4 heteroatoms. The van der Waals surface area contributed by atoms with Crippen molar-refractivity contribution in [1.29, 1.82) is 0 Å². The minimum atomic E-state index is -0.390. The zero-order valence-electron chi connectivity index (χ0n) is 9.89. The molecule has 1 aromatic heterocycles. The Bertz CT molecular complexity index is 629. The molecule has 3 nitrogen and oxygen atoms in total. The number of Topliss-reactive ketones (excluding diaryl/α,β-unsaturated/α-hetero) is 1. The summed E-state index contributed by atoms with van der Waals surface area (Å²) in [4.78, 5) is 23.4. The number of carbonyl (C=O) groups is 1. The maximum atomic E-state index is 12.7. The molecule has 0 aliphatic heterocycles. The first kappa shape index (κ1) is 12.2. The molecule has 1 aromatic carbocycles. The number of aromatic nitrogens is 1. The molecule has 0 saturated carbocycles. The second kappa shape index (κ2) is 4.96. The first-order valence-corrected chi connectivity index (χ1v) is 5.52. The van der Waals surface area contributed by atoms with E-state index in [1.807, 2.05) is 6.92 Å². The largest absolute Gasteiger partial charge is 0.307 e. The van der Waals surface area contributed by atoms with Crippen LogP contribution in [0.25, 0.3) is 0 Å². The van der Waals surface area contributed by atoms with Crippen molar-refractivity contribution in [2.24, 2.45) is 0 Å². The topological polar surface area (TPSA) is 39.1 Å².